The molecular weight excluding hydrogens is 478 g/mol. The predicted octanol–water partition coefficient (Wildman–Crippen LogP) is 4.56. The van der Waals surface area contributed by atoms with Gasteiger partial charge in [0.1, 0.15) is 23.2 Å². The molecule has 2 aromatic carbocycles. The van der Waals surface area contributed by atoms with Crippen LogP contribution in [-0.2, 0) is 17.4 Å². The first-order valence-corrected chi connectivity index (χ1v) is 11.7. The lowest BCUT2D eigenvalue weighted by atomic mass is 10.0. The molecule has 1 atom stereocenters. The molecule has 1 N–H and O–H groups in total. The molecule has 0 spiro atoms. The molecule has 1 fully saturated rings. The number of benzene rings is 2. The number of anilines is 2. The average molecular weight is 504 g/mol. The summed E-state index contributed by atoms with van der Waals surface area (Å²) in [7, 11) is 1.82. The van der Waals surface area contributed by atoms with Gasteiger partial charge in [0.25, 0.3) is 0 Å². The van der Waals surface area contributed by atoms with E-state index in [1.807, 2.05) is 11.9 Å². The zero-order chi connectivity index (χ0) is 25.6. The quantitative estimate of drug-likeness (QED) is 0.491. The highest BCUT2D eigenvalue weighted by Gasteiger charge is 2.36. The molecule has 11 heteroatoms. The maximum absolute atomic E-state index is 15.2. The molecule has 3 heterocycles. The first-order valence-electron chi connectivity index (χ1n) is 11.7. The lowest BCUT2D eigenvalue weighted by Crippen LogP contribution is -2.49. The third-order valence-corrected chi connectivity index (χ3v) is 6.47. The summed E-state index contributed by atoms with van der Waals surface area (Å²) < 4.78 is 61.9. The highest BCUT2D eigenvalue weighted by Crippen LogP contribution is 2.41. The first kappa shape index (κ1) is 24.2. The van der Waals surface area contributed by atoms with Gasteiger partial charge in [-0.2, -0.15) is 13.2 Å². The Bertz CT molecular complexity index is 1330. The van der Waals surface area contributed by atoms with Crippen LogP contribution in [0.2, 0.25) is 0 Å². The van der Waals surface area contributed by atoms with Crippen molar-refractivity contribution in [1.29, 1.82) is 0 Å². The van der Waals surface area contributed by atoms with Gasteiger partial charge >= 0.3 is 6.18 Å². The van der Waals surface area contributed by atoms with E-state index in [9.17, 15) is 18.0 Å². The fourth-order valence-corrected chi connectivity index (χ4v) is 4.63. The number of nitrogens with zero attached hydrogens (tertiary/aromatic N) is 4. The number of piperazine rings is 1. The van der Waals surface area contributed by atoms with Gasteiger partial charge in [-0.25, -0.2) is 14.4 Å². The van der Waals surface area contributed by atoms with E-state index in [0.29, 0.717) is 54.0 Å². The second-order valence-electron chi connectivity index (χ2n) is 9.13. The van der Waals surface area contributed by atoms with Crippen LogP contribution in [0.1, 0.15) is 36.3 Å². The predicted molar refractivity (Wildman–Crippen MR) is 127 cm³/mol. The second kappa shape index (κ2) is 9.20. The molecule has 1 amide bonds. The van der Waals surface area contributed by atoms with Crippen molar-refractivity contribution in [1.82, 2.24) is 14.9 Å². The van der Waals surface area contributed by atoms with E-state index >= 15 is 4.39 Å². The molecule has 190 valence electrons. The van der Waals surface area contributed by atoms with Gasteiger partial charge < -0.3 is 15.0 Å². The van der Waals surface area contributed by atoms with E-state index in [2.05, 4.69) is 15.3 Å². The number of aryl methyl sites for hydroxylation is 1. The number of halogens is 4. The maximum Gasteiger partial charge on any atom is 0.419 e. The number of carbonyl (C=O) groups is 1. The Morgan fingerprint density at radius 1 is 1.17 bits per heavy atom. The van der Waals surface area contributed by atoms with E-state index in [1.165, 1.54) is 23.1 Å². The third kappa shape index (κ3) is 4.55. The number of para-hydroxylation sites is 1. The van der Waals surface area contributed by atoms with E-state index in [0.717, 1.165) is 6.07 Å². The normalized spacial score (nSPS) is 19.3. The summed E-state index contributed by atoms with van der Waals surface area (Å²) in [6.07, 6.45) is -3.86. The molecule has 0 unspecified atom stereocenters. The number of likely N-dealkylation sites (N-methyl/N-ethyl adjacent to an activating group) is 1. The Labute approximate surface area is 205 Å². The minimum absolute atomic E-state index is 0.0440. The molecule has 7 nitrogen and oxygen atoms in total. The molecule has 0 saturated carbocycles. The van der Waals surface area contributed by atoms with Crippen LogP contribution >= 0.6 is 0 Å². The van der Waals surface area contributed by atoms with Crippen molar-refractivity contribution in [2.45, 2.75) is 32.0 Å². The third-order valence-electron chi connectivity index (χ3n) is 6.47. The molecule has 2 aliphatic heterocycles. The Morgan fingerprint density at radius 3 is 2.72 bits per heavy atom. The van der Waals surface area contributed by atoms with Gasteiger partial charge in [-0.3, -0.25) is 9.69 Å². The minimum atomic E-state index is -4.57. The minimum Gasteiger partial charge on any atom is -0.493 e. The number of aromatic nitrogens is 2. The van der Waals surface area contributed by atoms with Gasteiger partial charge in [0.05, 0.1) is 36.0 Å². The van der Waals surface area contributed by atoms with Gasteiger partial charge in [-0.05, 0) is 32.5 Å². The zero-order valence-electron chi connectivity index (χ0n) is 19.8. The zero-order valence-corrected chi connectivity index (χ0v) is 19.8. The van der Waals surface area contributed by atoms with E-state index in [1.54, 1.807) is 13.0 Å². The van der Waals surface area contributed by atoms with Gasteiger partial charge in [-0.15, -0.1) is 0 Å². The molecule has 3 aromatic rings. The molecular formula is C25H25F4N5O2. The Balaban J connectivity index is 1.61. The van der Waals surface area contributed by atoms with Gasteiger partial charge in [0.15, 0.2) is 0 Å². The number of amides is 1. The summed E-state index contributed by atoms with van der Waals surface area (Å²) in [6, 6.07) is 6.13. The molecule has 1 saturated heterocycles. The largest absolute Gasteiger partial charge is 0.493 e. The van der Waals surface area contributed by atoms with Crippen molar-refractivity contribution < 1.29 is 27.1 Å². The number of hydrogen-bond acceptors (Lipinski definition) is 6. The standard InChI is InChI=1S/C25H25F4N5O2/c1-14-15-5-3-6-17(25(27,28)29)23(15)36-10-4-7-21-31-19-12-18(26)20(11-16(19)24(30-14)32-21)34-9-8-33(2)13-22(34)35/h3,5-6,11-12,14H,4,7-10,13H2,1-2H3,(H,30,31,32)/t14-/m1/s1. The monoisotopic (exact) mass is 503 g/mol. The SMILES string of the molecule is C[C@H]1Nc2nc(nc3cc(F)c(N4CCN(C)CC4=O)cc23)CCCOc2c1cccc2C(F)(F)F. The summed E-state index contributed by atoms with van der Waals surface area (Å²) in [5, 5.41) is 3.67. The van der Waals surface area contributed by atoms with E-state index in [-0.39, 0.29) is 30.5 Å². The fourth-order valence-electron chi connectivity index (χ4n) is 4.63. The van der Waals surface area contributed by atoms with Gasteiger partial charge in [0.2, 0.25) is 5.91 Å². The van der Waals surface area contributed by atoms with Crippen molar-refractivity contribution in [2.24, 2.45) is 0 Å². The molecule has 0 radical (unpaired) electrons. The Morgan fingerprint density at radius 2 is 1.97 bits per heavy atom. The van der Waals surface area contributed by atoms with Crippen LogP contribution in [0, 0.1) is 5.82 Å². The topological polar surface area (TPSA) is 70.6 Å². The van der Waals surface area contributed by atoms with Gasteiger partial charge in [-0.1, -0.05) is 12.1 Å². The summed E-state index contributed by atoms with van der Waals surface area (Å²) in [5.74, 6) is -0.232. The Hall–Kier alpha value is -3.47. The average Bonchev–Trinajstić information content (AvgIpc) is 2.83. The Kier molecular flexibility index (Phi) is 6.19. The summed E-state index contributed by atoms with van der Waals surface area (Å²) >= 11 is 0. The maximum atomic E-state index is 15.2. The van der Waals surface area contributed by atoms with Crippen LogP contribution < -0.4 is 15.0 Å². The molecule has 0 aliphatic carbocycles. The number of alkyl halides is 3. The van der Waals surface area contributed by atoms with E-state index < -0.39 is 23.6 Å². The van der Waals surface area contributed by atoms with Crippen LogP contribution in [-0.4, -0.2) is 54.1 Å². The van der Waals surface area contributed by atoms with Crippen LogP contribution in [0.4, 0.5) is 29.1 Å². The smallest absolute Gasteiger partial charge is 0.419 e. The van der Waals surface area contributed by atoms with Crippen molar-refractivity contribution in [3.63, 3.8) is 0 Å². The summed E-state index contributed by atoms with van der Waals surface area (Å²) in [6.45, 7) is 2.86. The van der Waals surface area contributed by atoms with Crippen molar-refractivity contribution in [2.75, 3.05) is 43.5 Å². The summed E-state index contributed by atoms with van der Waals surface area (Å²) in [5.41, 5.74) is -0.0351. The van der Waals surface area contributed by atoms with Crippen LogP contribution in [0.3, 0.4) is 0 Å². The number of fused-ring (bicyclic) bond motifs is 5. The van der Waals surface area contributed by atoms with Crippen molar-refractivity contribution in [3.05, 3.63) is 53.1 Å². The molecule has 2 aliphatic rings. The first-order chi connectivity index (χ1) is 17.1. The number of ether oxygens (including phenoxy) is 1. The highest BCUT2D eigenvalue weighted by atomic mass is 19.4. The van der Waals surface area contributed by atoms with E-state index in [4.69, 9.17) is 4.74 Å². The molecule has 5 rings (SSSR count). The second-order valence-corrected chi connectivity index (χ2v) is 9.13. The highest BCUT2D eigenvalue weighted by molar-refractivity contribution is 5.99. The lowest BCUT2D eigenvalue weighted by molar-refractivity contribution is -0.139. The van der Waals surface area contributed by atoms with Crippen LogP contribution in [0.15, 0.2) is 30.3 Å². The number of rotatable bonds is 1. The van der Waals surface area contributed by atoms with Crippen molar-refractivity contribution in [3.8, 4) is 5.75 Å². The number of hydrogen-bond donors (Lipinski definition) is 1. The van der Waals surface area contributed by atoms with Crippen LogP contribution in [0.25, 0.3) is 10.9 Å². The lowest BCUT2D eigenvalue weighted by Gasteiger charge is -2.32. The summed E-state index contributed by atoms with van der Waals surface area (Å²) in [4.78, 5) is 25.0. The number of nitrogens with one attached hydrogen (secondary N) is 1. The molecule has 1 aromatic heterocycles. The van der Waals surface area contributed by atoms with Gasteiger partial charge in [0, 0.05) is 36.5 Å². The number of carbonyl (C=O) groups excluding carboxylic acids is 1. The van der Waals surface area contributed by atoms with Crippen molar-refractivity contribution >= 4 is 28.3 Å². The van der Waals surface area contributed by atoms with Crippen LogP contribution in [0.5, 0.6) is 5.75 Å². The molecule has 2 bridgehead atoms. The molecule has 36 heavy (non-hydrogen) atoms. The fraction of sp³-hybridized carbons (Fsp3) is 0.400.